The maximum atomic E-state index is 6.53. The number of rotatable bonds is 3. The molecule has 0 amide bonds. The Morgan fingerprint density at radius 3 is 1.89 bits per heavy atom. The molecule has 0 saturated carbocycles. The zero-order valence-corrected chi connectivity index (χ0v) is 22.1. The van der Waals surface area contributed by atoms with E-state index in [2.05, 4.69) is 123 Å². The lowest BCUT2D eigenvalue weighted by atomic mass is 9.73. The SMILES string of the molecule is CC1(C)OB(c2c(-c3ccc(-n4c5ccccc5c5ccccc54)cc3)ccc3cccnc23)OC1(C)C. The highest BCUT2D eigenvalue weighted by Gasteiger charge is 2.52. The van der Waals surface area contributed by atoms with Crippen molar-refractivity contribution >= 4 is 45.3 Å². The zero-order valence-electron chi connectivity index (χ0n) is 22.1. The average Bonchev–Trinajstić information content (AvgIpc) is 3.37. The van der Waals surface area contributed by atoms with Crippen molar-refractivity contribution < 1.29 is 9.31 Å². The van der Waals surface area contributed by atoms with Gasteiger partial charge in [0.1, 0.15) is 0 Å². The van der Waals surface area contributed by atoms with E-state index in [1.165, 1.54) is 21.8 Å². The van der Waals surface area contributed by atoms with Gasteiger partial charge in [-0.15, -0.1) is 0 Å². The number of fused-ring (bicyclic) bond motifs is 4. The molecule has 2 aromatic heterocycles. The number of para-hydroxylation sites is 2. The fourth-order valence-electron chi connectivity index (χ4n) is 5.61. The average molecular weight is 496 g/mol. The van der Waals surface area contributed by atoms with Crippen molar-refractivity contribution in [2.45, 2.75) is 38.9 Å². The molecule has 3 heterocycles. The van der Waals surface area contributed by atoms with Crippen molar-refractivity contribution in [3.8, 4) is 16.8 Å². The normalized spacial score (nSPS) is 16.6. The third-order valence-electron chi connectivity index (χ3n) is 8.32. The van der Waals surface area contributed by atoms with Gasteiger partial charge in [-0.3, -0.25) is 4.98 Å². The van der Waals surface area contributed by atoms with Gasteiger partial charge in [-0.25, -0.2) is 0 Å². The van der Waals surface area contributed by atoms with Gasteiger partial charge in [-0.05, 0) is 74.5 Å². The van der Waals surface area contributed by atoms with Crippen LogP contribution in [0.4, 0.5) is 0 Å². The predicted octanol–water partition coefficient (Wildman–Crippen LogP) is 7.30. The van der Waals surface area contributed by atoms with E-state index in [1.807, 2.05) is 12.3 Å². The summed E-state index contributed by atoms with van der Waals surface area (Å²) in [5.41, 5.74) is 6.72. The van der Waals surface area contributed by atoms with Crippen LogP contribution in [0.25, 0.3) is 49.5 Å². The maximum Gasteiger partial charge on any atom is 0.497 e. The summed E-state index contributed by atoms with van der Waals surface area (Å²) in [7, 11) is -0.509. The molecule has 0 bridgehead atoms. The minimum atomic E-state index is -0.509. The molecule has 7 rings (SSSR count). The van der Waals surface area contributed by atoms with Gasteiger partial charge in [-0.2, -0.15) is 0 Å². The minimum Gasteiger partial charge on any atom is -0.399 e. The smallest absolute Gasteiger partial charge is 0.399 e. The van der Waals surface area contributed by atoms with Crippen LogP contribution in [0, 0.1) is 0 Å². The third kappa shape index (κ3) is 3.43. The summed E-state index contributed by atoms with van der Waals surface area (Å²) in [6.07, 6.45) is 1.84. The predicted molar refractivity (Wildman–Crippen MR) is 157 cm³/mol. The van der Waals surface area contributed by atoms with Crippen LogP contribution in [0.15, 0.2) is 103 Å². The molecule has 0 N–H and O–H groups in total. The second kappa shape index (κ2) is 8.29. The van der Waals surface area contributed by atoms with Crippen molar-refractivity contribution in [3.63, 3.8) is 0 Å². The van der Waals surface area contributed by atoms with Crippen molar-refractivity contribution in [1.29, 1.82) is 0 Å². The van der Waals surface area contributed by atoms with E-state index >= 15 is 0 Å². The highest BCUT2D eigenvalue weighted by molar-refractivity contribution is 6.66. The van der Waals surface area contributed by atoms with E-state index in [4.69, 9.17) is 14.3 Å². The number of hydrogen-bond donors (Lipinski definition) is 0. The standard InChI is InChI=1S/C33H29BN2O2/c1-32(2)33(3,4)38-34(37-32)30-25(20-17-23-10-9-21-35-31(23)30)22-15-18-24(19-16-22)36-28-13-7-5-11-26(28)27-12-6-8-14-29(27)36/h5-21H,1-4H3. The van der Waals surface area contributed by atoms with Gasteiger partial charge in [0.05, 0.1) is 27.8 Å². The summed E-state index contributed by atoms with van der Waals surface area (Å²) < 4.78 is 15.4. The Kier molecular flexibility index (Phi) is 5.06. The van der Waals surface area contributed by atoms with Gasteiger partial charge < -0.3 is 13.9 Å². The van der Waals surface area contributed by atoms with Gasteiger partial charge >= 0.3 is 7.12 Å². The van der Waals surface area contributed by atoms with Crippen molar-refractivity contribution in [3.05, 3.63) is 103 Å². The molecule has 1 aliphatic rings. The fourth-order valence-corrected chi connectivity index (χ4v) is 5.61. The molecular weight excluding hydrogens is 467 g/mol. The quantitative estimate of drug-likeness (QED) is 0.241. The minimum absolute atomic E-state index is 0.438. The molecule has 0 aliphatic carbocycles. The Hall–Kier alpha value is -3.93. The molecule has 0 atom stereocenters. The molecule has 1 saturated heterocycles. The van der Waals surface area contributed by atoms with Gasteiger partial charge in [0, 0.05) is 28.1 Å². The van der Waals surface area contributed by atoms with E-state index in [9.17, 15) is 0 Å². The van der Waals surface area contributed by atoms with Crippen LogP contribution in [0.5, 0.6) is 0 Å². The van der Waals surface area contributed by atoms with E-state index in [-0.39, 0.29) is 0 Å². The lowest BCUT2D eigenvalue weighted by Gasteiger charge is -2.32. The molecule has 38 heavy (non-hydrogen) atoms. The van der Waals surface area contributed by atoms with Crippen LogP contribution in [0.1, 0.15) is 27.7 Å². The van der Waals surface area contributed by atoms with Crippen molar-refractivity contribution in [2.24, 2.45) is 0 Å². The molecule has 0 spiro atoms. The Morgan fingerprint density at radius 1 is 0.658 bits per heavy atom. The largest absolute Gasteiger partial charge is 0.497 e. The molecule has 186 valence electrons. The fraction of sp³-hybridized carbons (Fsp3) is 0.182. The second-order valence-corrected chi connectivity index (χ2v) is 11.1. The highest BCUT2D eigenvalue weighted by atomic mass is 16.7. The summed E-state index contributed by atoms with van der Waals surface area (Å²) in [6.45, 7) is 8.36. The molecule has 0 radical (unpaired) electrons. The second-order valence-electron chi connectivity index (χ2n) is 11.1. The number of pyridine rings is 1. The molecule has 6 aromatic rings. The van der Waals surface area contributed by atoms with Crippen LogP contribution in [-0.4, -0.2) is 27.9 Å². The molecule has 0 unspecified atom stereocenters. The molecule has 5 heteroatoms. The first-order chi connectivity index (χ1) is 18.3. The monoisotopic (exact) mass is 496 g/mol. The van der Waals surface area contributed by atoms with Crippen LogP contribution in [0.3, 0.4) is 0 Å². The molecule has 1 aliphatic heterocycles. The Bertz CT molecular complexity index is 1770. The van der Waals surface area contributed by atoms with Gasteiger partial charge in [-0.1, -0.05) is 66.7 Å². The number of aromatic nitrogens is 2. The van der Waals surface area contributed by atoms with E-state index in [0.29, 0.717) is 0 Å². The number of hydrogen-bond acceptors (Lipinski definition) is 3. The molecule has 1 fully saturated rings. The van der Waals surface area contributed by atoms with Gasteiger partial charge in [0.2, 0.25) is 0 Å². The Morgan fingerprint density at radius 2 is 1.26 bits per heavy atom. The number of nitrogens with zero attached hydrogens (tertiary/aromatic N) is 2. The summed E-state index contributed by atoms with van der Waals surface area (Å²) in [4.78, 5) is 4.77. The van der Waals surface area contributed by atoms with Gasteiger partial charge in [0.25, 0.3) is 0 Å². The number of benzene rings is 4. The summed E-state index contributed by atoms with van der Waals surface area (Å²) in [6, 6.07) is 34.3. The first kappa shape index (κ1) is 23.2. The summed E-state index contributed by atoms with van der Waals surface area (Å²) >= 11 is 0. The molecular formula is C33H29BN2O2. The van der Waals surface area contributed by atoms with Crippen LogP contribution in [-0.2, 0) is 9.31 Å². The maximum absolute atomic E-state index is 6.53. The Balaban J connectivity index is 1.38. The first-order valence-corrected chi connectivity index (χ1v) is 13.2. The topological polar surface area (TPSA) is 36.3 Å². The van der Waals surface area contributed by atoms with Crippen LogP contribution >= 0.6 is 0 Å². The highest BCUT2D eigenvalue weighted by Crippen LogP contribution is 2.38. The zero-order chi connectivity index (χ0) is 26.1. The van der Waals surface area contributed by atoms with Gasteiger partial charge in [0.15, 0.2) is 0 Å². The third-order valence-corrected chi connectivity index (χ3v) is 8.32. The summed E-state index contributed by atoms with van der Waals surface area (Å²) in [5.74, 6) is 0. The lowest BCUT2D eigenvalue weighted by molar-refractivity contribution is 0.00578. The van der Waals surface area contributed by atoms with Crippen LogP contribution < -0.4 is 5.46 Å². The lowest BCUT2D eigenvalue weighted by Crippen LogP contribution is -2.41. The Labute approximate surface area is 223 Å². The van der Waals surface area contributed by atoms with E-state index in [1.54, 1.807) is 0 Å². The van der Waals surface area contributed by atoms with Crippen molar-refractivity contribution in [2.75, 3.05) is 0 Å². The molecule has 4 nitrogen and oxygen atoms in total. The van der Waals surface area contributed by atoms with Crippen LogP contribution in [0.2, 0.25) is 0 Å². The summed E-state index contributed by atoms with van der Waals surface area (Å²) in [5, 5.41) is 3.59. The molecule has 4 aromatic carbocycles. The first-order valence-electron chi connectivity index (χ1n) is 13.2. The van der Waals surface area contributed by atoms with E-state index in [0.717, 1.165) is 33.2 Å². The van der Waals surface area contributed by atoms with E-state index < -0.39 is 18.3 Å². The van der Waals surface area contributed by atoms with Crippen molar-refractivity contribution in [1.82, 2.24) is 9.55 Å².